The van der Waals surface area contributed by atoms with Crippen molar-refractivity contribution in [2.24, 2.45) is 0 Å². The van der Waals surface area contributed by atoms with E-state index >= 15 is 0 Å². The zero-order chi connectivity index (χ0) is 15.5. The van der Waals surface area contributed by atoms with Gasteiger partial charge in [0.15, 0.2) is 0 Å². The molecule has 0 aliphatic rings. The summed E-state index contributed by atoms with van der Waals surface area (Å²) < 4.78 is 10.4. The lowest BCUT2D eigenvalue weighted by Crippen LogP contribution is -2.31. The summed E-state index contributed by atoms with van der Waals surface area (Å²) in [6.07, 6.45) is 1.17. The van der Waals surface area contributed by atoms with E-state index in [1.165, 1.54) is 23.2 Å². The number of methoxy groups -OCH3 is 2. The highest BCUT2D eigenvalue weighted by Gasteiger charge is 2.09. The van der Waals surface area contributed by atoms with Gasteiger partial charge in [0.2, 0.25) is 0 Å². The molecule has 0 saturated heterocycles. The summed E-state index contributed by atoms with van der Waals surface area (Å²) in [5.74, 6) is 0. The predicted octanol–water partition coefficient (Wildman–Crippen LogP) is 2.59. The molecule has 0 aromatic heterocycles. The van der Waals surface area contributed by atoms with Gasteiger partial charge in [0.25, 0.3) is 0 Å². The number of rotatable bonds is 11. The van der Waals surface area contributed by atoms with Crippen LogP contribution in [0.5, 0.6) is 0 Å². The van der Waals surface area contributed by atoms with Crippen molar-refractivity contribution in [3.8, 4) is 0 Å². The van der Waals surface area contributed by atoms with Crippen LogP contribution in [0.2, 0.25) is 0 Å². The molecular formula is C17H30N2O2. The molecule has 21 heavy (non-hydrogen) atoms. The molecule has 120 valence electrons. The fourth-order valence-corrected chi connectivity index (χ4v) is 2.35. The van der Waals surface area contributed by atoms with E-state index in [4.69, 9.17) is 9.47 Å². The first-order valence-corrected chi connectivity index (χ1v) is 7.76. The molecule has 1 rings (SSSR count). The van der Waals surface area contributed by atoms with Crippen molar-refractivity contribution in [2.45, 2.75) is 26.8 Å². The number of benzene rings is 1. The van der Waals surface area contributed by atoms with Crippen LogP contribution in [0.15, 0.2) is 18.2 Å². The average molecular weight is 294 g/mol. The monoisotopic (exact) mass is 294 g/mol. The van der Waals surface area contributed by atoms with Gasteiger partial charge >= 0.3 is 0 Å². The van der Waals surface area contributed by atoms with Crippen LogP contribution < -0.4 is 10.2 Å². The molecule has 0 bridgehead atoms. The van der Waals surface area contributed by atoms with E-state index in [0.29, 0.717) is 0 Å². The van der Waals surface area contributed by atoms with Gasteiger partial charge in [-0.25, -0.2) is 0 Å². The molecule has 0 aliphatic heterocycles. The van der Waals surface area contributed by atoms with E-state index in [2.05, 4.69) is 42.3 Å². The maximum absolute atomic E-state index is 5.21. The summed E-state index contributed by atoms with van der Waals surface area (Å²) in [4.78, 5) is 2.32. The maximum Gasteiger partial charge on any atom is 0.0637 e. The second kappa shape index (κ2) is 10.6. The Labute approximate surface area is 129 Å². The van der Waals surface area contributed by atoms with Crippen LogP contribution in [0.1, 0.15) is 24.5 Å². The lowest BCUT2D eigenvalue weighted by molar-refractivity contribution is 0.190. The number of anilines is 1. The lowest BCUT2D eigenvalue weighted by Gasteiger charge is -2.26. The minimum absolute atomic E-state index is 0.725. The van der Waals surface area contributed by atoms with Crippen molar-refractivity contribution in [3.63, 3.8) is 0 Å². The van der Waals surface area contributed by atoms with Gasteiger partial charge in [0.05, 0.1) is 13.2 Å². The molecule has 0 spiro atoms. The number of hydrogen-bond donors (Lipinski definition) is 1. The third-order valence-electron chi connectivity index (χ3n) is 3.49. The van der Waals surface area contributed by atoms with Gasteiger partial charge in [-0.1, -0.05) is 19.1 Å². The largest absolute Gasteiger partial charge is 0.383 e. The Morgan fingerprint density at radius 3 is 2.29 bits per heavy atom. The normalized spacial score (nSPS) is 10.9. The summed E-state index contributed by atoms with van der Waals surface area (Å²) >= 11 is 0. The van der Waals surface area contributed by atoms with Crippen molar-refractivity contribution < 1.29 is 9.47 Å². The third kappa shape index (κ3) is 6.46. The Morgan fingerprint density at radius 1 is 1.10 bits per heavy atom. The Hall–Kier alpha value is -1.10. The van der Waals surface area contributed by atoms with Crippen molar-refractivity contribution in [1.29, 1.82) is 0 Å². The molecule has 1 aromatic carbocycles. The van der Waals surface area contributed by atoms with Crippen molar-refractivity contribution in [2.75, 3.05) is 52.0 Å². The van der Waals surface area contributed by atoms with Crippen LogP contribution in [0.25, 0.3) is 0 Å². The van der Waals surface area contributed by atoms with E-state index in [1.807, 2.05) is 0 Å². The summed E-state index contributed by atoms with van der Waals surface area (Å²) in [6.45, 7) is 9.57. The fraction of sp³-hybridized carbons (Fsp3) is 0.647. The SMILES string of the molecule is CCCNCc1ccc(N(CCOC)CCOC)c(C)c1. The van der Waals surface area contributed by atoms with Crippen LogP contribution in [0, 0.1) is 6.92 Å². The minimum Gasteiger partial charge on any atom is -0.383 e. The van der Waals surface area contributed by atoms with E-state index in [0.717, 1.165) is 39.4 Å². The highest BCUT2D eigenvalue weighted by atomic mass is 16.5. The number of hydrogen-bond acceptors (Lipinski definition) is 4. The van der Waals surface area contributed by atoms with Crippen LogP contribution in [0.3, 0.4) is 0 Å². The highest BCUT2D eigenvalue weighted by Crippen LogP contribution is 2.21. The Balaban J connectivity index is 2.73. The van der Waals surface area contributed by atoms with E-state index in [1.54, 1.807) is 14.2 Å². The quantitative estimate of drug-likeness (QED) is 0.636. The fourth-order valence-electron chi connectivity index (χ4n) is 2.35. The third-order valence-corrected chi connectivity index (χ3v) is 3.49. The smallest absolute Gasteiger partial charge is 0.0637 e. The molecule has 0 amide bonds. The Morgan fingerprint density at radius 2 is 1.76 bits per heavy atom. The van der Waals surface area contributed by atoms with Crippen molar-refractivity contribution in [3.05, 3.63) is 29.3 Å². The maximum atomic E-state index is 5.21. The van der Waals surface area contributed by atoms with Crippen molar-refractivity contribution in [1.82, 2.24) is 5.32 Å². The number of ether oxygens (including phenoxy) is 2. The predicted molar refractivity (Wildman–Crippen MR) is 89.1 cm³/mol. The molecule has 0 fully saturated rings. The Bertz CT molecular complexity index is 388. The molecule has 0 radical (unpaired) electrons. The first-order chi connectivity index (χ1) is 10.2. The van der Waals surface area contributed by atoms with E-state index in [9.17, 15) is 0 Å². The number of aryl methyl sites for hydroxylation is 1. The van der Waals surface area contributed by atoms with Crippen LogP contribution in [-0.2, 0) is 16.0 Å². The zero-order valence-electron chi connectivity index (χ0n) is 13.9. The summed E-state index contributed by atoms with van der Waals surface area (Å²) in [5, 5.41) is 3.44. The van der Waals surface area contributed by atoms with Gasteiger partial charge in [-0.3, -0.25) is 0 Å². The highest BCUT2D eigenvalue weighted by molar-refractivity contribution is 5.54. The summed E-state index contributed by atoms with van der Waals surface area (Å²) in [5.41, 5.74) is 3.91. The average Bonchev–Trinajstić information content (AvgIpc) is 2.49. The van der Waals surface area contributed by atoms with Gasteiger partial charge in [-0.05, 0) is 37.1 Å². The van der Waals surface area contributed by atoms with Gasteiger partial charge in [-0.15, -0.1) is 0 Å². The van der Waals surface area contributed by atoms with Gasteiger partial charge in [-0.2, -0.15) is 0 Å². The molecule has 1 aromatic rings. The molecule has 0 saturated carbocycles. The summed E-state index contributed by atoms with van der Waals surface area (Å²) in [6, 6.07) is 6.69. The zero-order valence-corrected chi connectivity index (χ0v) is 13.9. The lowest BCUT2D eigenvalue weighted by atomic mass is 10.1. The molecule has 0 aliphatic carbocycles. The van der Waals surface area contributed by atoms with E-state index < -0.39 is 0 Å². The van der Waals surface area contributed by atoms with E-state index in [-0.39, 0.29) is 0 Å². The molecule has 0 atom stereocenters. The summed E-state index contributed by atoms with van der Waals surface area (Å²) in [7, 11) is 3.48. The van der Waals surface area contributed by atoms with Crippen LogP contribution in [-0.4, -0.2) is 47.1 Å². The molecule has 4 nitrogen and oxygen atoms in total. The number of nitrogens with one attached hydrogen (secondary N) is 1. The standard InChI is InChI=1S/C17H30N2O2/c1-5-8-18-14-16-6-7-17(15(2)13-16)19(9-11-20-3)10-12-21-4/h6-7,13,18H,5,8-12,14H2,1-4H3. The minimum atomic E-state index is 0.725. The van der Waals surface area contributed by atoms with Gasteiger partial charge < -0.3 is 19.7 Å². The second-order valence-electron chi connectivity index (χ2n) is 5.27. The molecule has 4 heteroatoms. The topological polar surface area (TPSA) is 33.7 Å². The first kappa shape index (κ1) is 18.0. The van der Waals surface area contributed by atoms with Gasteiger partial charge in [0, 0.05) is 39.5 Å². The second-order valence-corrected chi connectivity index (χ2v) is 5.27. The molecular weight excluding hydrogens is 264 g/mol. The van der Waals surface area contributed by atoms with Crippen LogP contribution >= 0.6 is 0 Å². The van der Waals surface area contributed by atoms with Crippen molar-refractivity contribution >= 4 is 5.69 Å². The first-order valence-electron chi connectivity index (χ1n) is 7.76. The van der Waals surface area contributed by atoms with Gasteiger partial charge in [0.1, 0.15) is 0 Å². The number of nitrogens with zero attached hydrogens (tertiary/aromatic N) is 1. The molecule has 0 heterocycles. The molecule has 0 unspecified atom stereocenters. The Kier molecular flexibility index (Phi) is 9.06. The molecule has 1 N–H and O–H groups in total. The van der Waals surface area contributed by atoms with Crippen LogP contribution in [0.4, 0.5) is 5.69 Å².